The zero-order chi connectivity index (χ0) is 21.8. The van der Waals surface area contributed by atoms with Crippen LogP contribution < -0.4 is 9.47 Å². The number of pyridine rings is 2. The molecule has 0 spiro atoms. The van der Waals surface area contributed by atoms with Crippen molar-refractivity contribution in [2.75, 3.05) is 27.3 Å². The zero-order valence-corrected chi connectivity index (χ0v) is 18.1. The first kappa shape index (κ1) is 20.8. The summed E-state index contributed by atoms with van der Waals surface area (Å²) in [6.07, 6.45) is 7.38. The molecule has 1 fully saturated rings. The summed E-state index contributed by atoms with van der Waals surface area (Å²) in [4.78, 5) is 28.0. The Hall–Kier alpha value is -3.42. The number of amides is 1. The Labute approximate surface area is 181 Å². The highest BCUT2D eigenvalue weighted by Crippen LogP contribution is 2.27. The fraction of sp³-hybridized carbons (Fsp3) is 0.391. The number of nitrogens with zero attached hydrogens (tertiary/aromatic N) is 5. The molecule has 4 rings (SSSR count). The second kappa shape index (κ2) is 9.16. The zero-order valence-electron chi connectivity index (χ0n) is 18.1. The molecule has 1 aliphatic heterocycles. The molecule has 4 heterocycles. The molecule has 0 radical (unpaired) electrons. The Morgan fingerprint density at radius 1 is 1.13 bits per heavy atom. The Morgan fingerprint density at radius 2 is 1.94 bits per heavy atom. The lowest BCUT2D eigenvalue weighted by atomic mass is 9.96. The van der Waals surface area contributed by atoms with Crippen molar-refractivity contribution in [3.8, 4) is 23.1 Å². The lowest BCUT2D eigenvalue weighted by Crippen LogP contribution is -2.39. The van der Waals surface area contributed by atoms with Crippen LogP contribution in [-0.2, 0) is 6.54 Å². The van der Waals surface area contributed by atoms with Crippen LogP contribution in [0.25, 0.3) is 11.4 Å². The topological polar surface area (TPSA) is 82.4 Å². The summed E-state index contributed by atoms with van der Waals surface area (Å²) in [5.41, 5.74) is 2.61. The lowest BCUT2D eigenvalue weighted by molar-refractivity contribution is 0.0678. The summed E-state index contributed by atoms with van der Waals surface area (Å²) in [5.74, 6) is 2.08. The average Bonchev–Trinajstić information content (AvgIpc) is 3.19. The first-order valence-corrected chi connectivity index (χ1v) is 10.4. The summed E-state index contributed by atoms with van der Waals surface area (Å²) in [5, 5.41) is 0. The van der Waals surface area contributed by atoms with Crippen LogP contribution in [0.4, 0.5) is 0 Å². The number of carbonyl (C=O) groups excluding carboxylic acids is 1. The molecule has 3 aromatic heterocycles. The number of imidazole rings is 1. The van der Waals surface area contributed by atoms with Gasteiger partial charge in [-0.1, -0.05) is 0 Å². The number of piperidine rings is 1. The number of methoxy groups -OCH3 is 2. The fourth-order valence-corrected chi connectivity index (χ4v) is 4.02. The van der Waals surface area contributed by atoms with Crippen LogP contribution in [-0.4, -0.2) is 57.6 Å². The summed E-state index contributed by atoms with van der Waals surface area (Å²) in [6, 6.07) is 7.36. The number of rotatable bonds is 6. The standard InChI is InChI=1S/C23H27N5O3/c1-16-13-25-21(18-5-4-10-24-14-18)28(16)15-17-8-11-27(12-9-17)23(29)19-6-7-20(30-2)26-22(19)31-3/h4-7,10,13-14,17H,8-9,11-12,15H2,1-3H3. The Kier molecular flexibility index (Phi) is 6.16. The smallest absolute Gasteiger partial charge is 0.259 e. The molecule has 8 nitrogen and oxygen atoms in total. The molecule has 0 saturated carbocycles. The van der Waals surface area contributed by atoms with E-state index in [1.54, 1.807) is 18.3 Å². The molecular weight excluding hydrogens is 394 g/mol. The van der Waals surface area contributed by atoms with Gasteiger partial charge in [0.2, 0.25) is 11.8 Å². The van der Waals surface area contributed by atoms with Gasteiger partial charge in [-0.2, -0.15) is 4.98 Å². The van der Waals surface area contributed by atoms with E-state index in [1.165, 1.54) is 14.2 Å². The van der Waals surface area contributed by atoms with Gasteiger partial charge in [0.25, 0.3) is 5.91 Å². The minimum atomic E-state index is -0.0553. The lowest BCUT2D eigenvalue weighted by Gasteiger charge is -2.32. The predicted octanol–water partition coefficient (Wildman–Crippen LogP) is 3.22. The Balaban J connectivity index is 1.42. The van der Waals surface area contributed by atoms with Gasteiger partial charge >= 0.3 is 0 Å². The first-order valence-electron chi connectivity index (χ1n) is 10.4. The number of ether oxygens (including phenoxy) is 2. The van der Waals surface area contributed by atoms with Gasteiger partial charge in [0.1, 0.15) is 11.4 Å². The van der Waals surface area contributed by atoms with Crippen molar-refractivity contribution >= 4 is 5.91 Å². The van der Waals surface area contributed by atoms with Crippen LogP contribution in [0, 0.1) is 12.8 Å². The van der Waals surface area contributed by atoms with Crippen molar-refractivity contribution in [3.63, 3.8) is 0 Å². The molecule has 1 saturated heterocycles. The van der Waals surface area contributed by atoms with Crippen molar-refractivity contribution < 1.29 is 14.3 Å². The molecule has 0 atom stereocenters. The normalized spacial score (nSPS) is 14.5. The molecule has 1 aliphatic rings. The van der Waals surface area contributed by atoms with Crippen LogP contribution in [0.1, 0.15) is 28.9 Å². The quantitative estimate of drug-likeness (QED) is 0.608. The monoisotopic (exact) mass is 421 g/mol. The van der Waals surface area contributed by atoms with E-state index in [9.17, 15) is 4.79 Å². The van der Waals surface area contributed by atoms with E-state index >= 15 is 0 Å². The molecule has 0 bridgehead atoms. The number of aromatic nitrogens is 4. The molecule has 162 valence electrons. The van der Waals surface area contributed by atoms with Crippen molar-refractivity contribution in [1.82, 2.24) is 24.4 Å². The molecule has 0 aliphatic carbocycles. The van der Waals surface area contributed by atoms with Gasteiger partial charge in [-0.25, -0.2) is 4.98 Å². The van der Waals surface area contributed by atoms with Gasteiger partial charge in [0.05, 0.1) is 14.2 Å². The summed E-state index contributed by atoms with van der Waals surface area (Å²) in [6.45, 7) is 4.36. The van der Waals surface area contributed by atoms with Crippen LogP contribution in [0.5, 0.6) is 11.8 Å². The van der Waals surface area contributed by atoms with Crippen molar-refractivity contribution in [2.24, 2.45) is 5.92 Å². The third-order valence-corrected chi connectivity index (χ3v) is 5.78. The number of hydrogen-bond acceptors (Lipinski definition) is 6. The van der Waals surface area contributed by atoms with Crippen LogP contribution in [0.3, 0.4) is 0 Å². The maximum Gasteiger partial charge on any atom is 0.259 e. The predicted molar refractivity (Wildman–Crippen MR) is 116 cm³/mol. The van der Waals surface area contributed by atoms with E-state index in [4.69, 9.17) is 9.47 Å². The summed E-state index contributed by atoms with van der Waals surface area (Å²) >= 11 is 0. The third-order valence-electron chi connectivity index (χ3n) is 5.78. The largest absolute Gasteiger partial charge is 0.481 e. The van der Waals surface area contributed by atoms with Crippen molar-refractivity contribution in [3.05, 3.63) is 54.1 Å². The SMILES string of the molecule is COc1ccc(C(=O)N2CCC(Cn3c(C)cnc3-c3cccnc3)CC2)c(OC)n1. The highest BCUT2D eigenvalue weighted by molar-refractivity contribution is 5.96. The maximum absolute atomic E-state index is 13.0. The minimum Gasteiger partial charge on any atom is -0.481 e. The summed E-state index contributed by atoms with van der Waals surface area (Å²) < 4.78 is 12.7. The highest BCUT2D eigenvalue weighted by Gasteiger charge is 2.27. The third kappa shape index (κ3) is 4.38. The first-order chi connectivity index (χ1) is 15.1. The van der Waals surface area contributed by atoms with Crippen molar-refractivity contribution in [1.29, 1.82) is 0 Å². The summed E-state index contributed by atoms with van der Waals surface area (Å²) in [7, 11) is 3.05. The van der Waals surface area contributed by atoms with Crippen LogP contribution in [0.2, 0.25) is 0 Å². The number of carbonyl (C=O) groups is 1. The molecule has 8 heteroatoms. The molecule has 0 N–H and O–H groups in total. The number of hydrogen-bond donors (Lipinski definition) is 0. The van der Waals surface area contributed by atoms with E-state index in [2.05, 4.69) is 26.4 Å². The van der Waals surface area contributed by atoms with Gasteiger partial charge < -0.3 is 18.9 Å². The van der Waals surface area contributed by atoms with Gasteiger partial charge in [-0.3, -0.25) is 9.78 Å². The number of aryl methyl sites for hydroxylation is 1. The van der Waals surface area contributed by atoms with Crippen LogP contribution in [0.15, 0.2) is 42.9 Å². The van der Waals surface area contributed by atoms with Gasteiger partial charge in [0.15, 0.2) is 0 Å². The average molecular weight is 422 g/mol. The fourth-order valence-electron chi connectivity index (χ4n) is 4.02. The van der Waals surface area contributed by atoms with E-state index < -0.39 is 0 Å². The van der Waals surface area contributed by atoms with E-state index in [1.807, 2.05) is 29.4 Å². The van der Waals surface area contributed by atoms with Gasteiger partial charge in [0, 0.05) is 55.5 Å². The second-order valence-electron chi connectivity index (χ2n) is 7.72. The van der Waals surface area contributed by atoms with Gasteiger partial charge in [-0.05, 0) is 43.9 Å². The molecule has 0 unspecified atom stereocenters. The minimum absolute atomic E-state index is 0.0553. The molecule has 31 heavy (non-hydrogen) atoms. The Bertz CT molecular complexity index is 1040. The van der Waals surface area contributed by atoms with E-state index in [-0.39, 0.29) is 5.91 Å². The highest BCUT2D eigenvalue weighted by atomic mass is 16.5. The second-order valence-corrected chi connectivity index (χ2v) is 7.72. The molecule has 0 aromatic carbocycles. The van der Waals surface area contributed by atoms with Gasteiger partial charge in [-0.15, -0.1) is 0 Å². The van der Waals surface area contributed by atoms with Crippen LogP contribution >= 0.6 is 0 Å². The molecule has 3 aromatic rings. The maximum atomic E-state index is 13.0. The molecular formula is C23H27N5O3. The van der Waals surface area contributed by atoms with Crippen molar-refractivity contribution in [2.45, 2.75) is 26.3 Å². The Morgan fingerprint density at radius 3 is 2.61 bits per heavy atom. The van der Waals surface area contributed by atoms with E-state index in [0.717, 1.165) is 36.5 Å². The molecule has 1 amide bonds. The van der Waals surface area contributed by atoms with E-state index in [0.29, 0.717) is 36.3 Å². The number of likely N-dealkylation sites (tertiary alicyclic amines) is 1.